The summed E-state index contributed by atoms with van der Waals surface area (Å²) in [7, 11) is -3.23. The van der Waals surface area contributed by atoms with Gasteiger partial charge < -0.3 is 15.1 Å². The minimum absolute atomic E-state index is 0.146. The molecule has 2 saturated heterocycles. The first-order chi connectivity index (χ1) is 18.7. The number of amides is 2. The maximum Gasteiger partial charge on any atom is 0.229 e. The Balaban J connectivity index is 1.15. The molecule has 8 heteroatoms. The van der Waals surface area contributed by atoms with E-state index in [0.29, 0.717) is 17.5 Å². The van der Waals surface area contributed by atoms with Crippen LogP contribution in [0, 0.1) is 5.41 Å². The van der Waals surface area contributed by atoms with Gasteiger partial charge in [-0.2, -0.15) is 0 Å². The predicted molar refractivity (Wildman–Crippen MR) is 152 cm³/mol. The summed E-state index contributed by atoms with van der Waals surface area (Å²) in [4.78, 5) is 31.4. The summed E-state index contributed by atoms with van der Waals surface area (Å²) in [6.45, 7) is 3.84. The van der Waals surface area contributed by atoms with Gasteiger partial charge in [0.15, 0.2) is 9.84 Å². The number of rotatable bonds is 9. The van der Waals surface area contributed by atoms with Crippen LogP contribution in [0.25, 0.3) is 0 Å². The molecule has 39 heavy (non-hydrogen) atoms. The molecular formula is C31H41N3O4S. The average molecular weight is 552 g/mol. The summed E-state index contributed by atoms with van der Waals surface area (Å²) in [5, 5.41) is 3.31. The lowest BCUT2D eigenvalue weighted by Crippen LogP contribution is -2.45. The molecule has 1 atom stereocenters. The summed E-state index contributed by atoms with van der Waals surface area (Å²) >= 11 is 0. The van der Waals surface area contributed by atoms with Crippen LogP contribution < -0.4 is 5.32 Å². The monoisotopic (exact) mass is 551 g/mol. The molecule has 1 unspecified atom stereocenters. The first-order valence-corrected chi connectivity index (χ1v) is 16.3. The number of carbonyl (C=O) groups excluding carboxylic acids is 2. The normalized spacial score (nSPS) is 20.9. The molecule has 0 radical (unpaired) electrons. The van der Waals surface area contributed by atoms with Gasteiger partial charge in [-0.25, -0.2) is 8.42 Å². The maximum atomic E-state index is 13.5. The fourth-order valence-electron chi connectivity index (χ4n) is 6.59. The molecule has 5 rings (SSSR count). The van der Waals surface area contributed by atoms with Crippen LogP contribution in [0.5, 0.6) is 0 Å². The van der Waals surface area contributed by atoms with E-state index >= 15 is 0 Å². The minimum atomic E-state index is -3.23. The molecule has 3 aliphatic rings. The SMILES string of the molecule is CS(=O)(=O)c1ccc(CN2CCC3(CCN(CCC(C(=O)NC4CCCC4)c4ccccc4)CC3)C2=O)cc1. The lowest BCUT2D eigenvalue weighted by molar-refractivity contribution is -0.138. The van der Waals surface area contributed by atoms with Gasteiger partial charge in [0.2, 0.25) is 11.8 Å². The second-order valence-electron chi connectivity index (χ2n) is 11.8. The smallest absolute Gasteiger partial charge is 0.229 e. The predicted octanol–water partition coefficient (Wildman–Crippen LogP) is 4.14. The number of nitrogens with one attached hydrogen (secondary N) is 1. The molecule has 210 valence electrons. The molecular weight excluding hydrogens is 510 g/mol. The number of carbonyl (C=O) groups is 2. The molecule has 2 aromatic rings. The van der Waals surface area contributed by atoms with Crippen molar-refractivity contribution in [2.75, 3.05) is 32.4 Å². The molecule has 1 spiro atoms. The Kier molecular flexibility index (Phi) is 8.43. The summed E-state index contributed by atoms with van der Waals surface area (Å²) in [5.74, 6) is 0.223. The zero-order valence-electron chi connectivity index (χ0n) is 23.0. The number of piperidine rings is 1. The highest BCUT2D eigenvalue weighted by Crippen LogP contribution is 2.42. The molecule has 0 bridgehead atoms. The van der Waals surface area contributed by atoms with Crippen LogP contribution in [0.1, 0.15) is 68.4 Å². The van der Waals surface area contributed by atoms with Gasteiger partial charge in [-0.1, -0.05) is 55.3 Å². The number of benzene rings is 2. The maximum absolute atomic E-state index is 13.5. The van der Waals surface area contributed by atoms with Crippen LogP contribution >= 0.6 is 0 Å². The Morgan fingerprint density at radius 2 is 1.62 bits per heavy atom. The molecule has 2 heterocycles. The van der Waals surface area contributed by atoms with Gasteiger partial charge in [-0.3, -0.25) is 9.59 Å². The van der Waals surface area contributed by atoms with Gasteiger partial charge in [0, 0.05) is 25.4 Å². The molecule has 2 aromatic carbocycles. The number of hydrogen-bond donors (Lipinski definition) is 1. The Morgan fingerprint density at radius 3 is 2.26 bits per heavy atom. The van der Waals surface area contributed by atoms with Crippen molar-refractivity contribution >= 4 is 21.7 Å². The van der Waals surface area contributed by atoms with E-state index in [-0.39, 0.29) is 23.1 Å². The molecule has 1 saturated carbocycles. The quantitative estimate of drug-likeness (QED) is 0.506. The van der Waals surface area contributed by atoms with Gasteiger partial charge in [-0.05, 0) is 81.4 Å². The topological polar surface area (TPSA) is 86.8 Å². The first kappa shape index (κ1) is 27.8. The Hall–Kier alpha value is -2.71. The second-order valence-corrected chi connectivity index (χ2v) is 13.8. The van der Waals surface area contributed by atoms with Crippen LogP contribution in [0.4, 0.5) is 0 Å². The minimum Gasteiger partial charge on any atom is -0.353 e. The zero-order chi connectivity index (χ0) is 27.5. The van der Waals surface area contributed by atoms with Gasteiger partial charge in [-0.15, -0.1) is 0 Å². The standard InChI is InChI=1S/C31H41N3O4S/c1-39(37,38)27-13-11-24(12-14-27)23-34-22-18-31(30(34)36)16-20-33(21-17-31)19-15-28(25-7-3-2-4-8-25)29(35)32-26-9-5-6-10-26/h2-4,7-8,11-14,26,28H,5-6,9-10,15-23H2,1H3,(H,32,35). The van der Waals surface area contributed by atoms with Crippen LogP contribution in [-0.4, -0.2) is 68.5 Å². The van der Waals surface area contributed by atoms with E-state index in [1.807, 2.05) is 35.2 Å². The van der Waals surface area contributed by atoms with E-state index < -0.39 is 9.84 Å². The van der Waals surface area contributed by atoms with Gasteiger partial charge in [0.1, 0.15) is 0 Å². The third kappa shape index (κ3) is 6.55. The Bertz CT molecular complexity index is 1250. The fraction of sp³-hybridized carbons (Fsp3) is 0.548. The zero-order valence-corrected chi connectivity index (χ0v) is 23.8. The number of nitrogens with zero attached hydrogens (tertiary/aromatic N) is 2. The third-order valence-corrected chi connectivity index (χ3v) is 10.2. The van der Waals surface area contributed by atoms with Crippen LogP contribution in [0.15, 0.2) is 59.5 Å². The summed E-state index contributed by atoms with van der Waals surface area (Å²) in [6.07, 6.45) is 9.10. The Morgan fingerprint density at radius 1 is 0.974 bits per heavy atom. The van der Waals surface area contributed by atoms with Crippen LogP contribution in [-0.2, 0) is 26.0 Å². The number of sulfone groups is 1. The summed E-state index contributed by atoms with van der Waals surface area (Å²) < 4.78 is 23.5. The first-order valence-electron chi connectivity index (χ1n) is 14.4. The summed E-state index contributed by atoms with van der Waals surface area (Å²) in [5.41, 5.74) is 1.74. The van der Waals surface area contributed by atoms with Gasteiger partial charge in [0.25, 0.3) is 0 Å². The number of hydrogen-bond acceptors (Lipinski definition) is 5. The van der Waals surface area contributed by atoms with Crippen LogP contribution in [0.3, 0.4) is 0 Å². The highest BCUT2D eigenvalue weighted by Gasteiger charge is 2.47. The fourth-order valence-corrected chi connectivity index (χ4v) is 7.22. The summed E-state index contributed by atoms with van der Waals surface area (Å²) in [6, 6.07) is 17.3. The van der Waals surface area contributed by atoms with Crippen molar-refractivity contribution < 1.29 is 18.0 Å². The third-order valence-electron chi connectivity index (χ3n) is 9.09. The van der Waals surface area contributed by atoms with E-state index in [1.165, 1.54) is 19.1 Å². The van der Waals surface area contributed by atoms with Crippen molar-refractivity contribution in [2.45, 2.75) is 74.8 Å². The molecule has 3 fully saturated rings. The molecule has 7 nitrogen and oxygen atoms in total. The van der Waals surface area contributed by atoms with E-state index in [4.69, 9.17) is 0 Å². The lowest BCUT2D eigenvalue weighted by atomic mass is 9.77. The molecule has 1 aliphatic carbocycles. The highest BCUT2D eigenvalue weighted by atomic mass is 32.2. The lowest BCUT2D eigenvalue weighted by Gasteiger charge is -2.38. The second kappa shape index (κ2) is 11.8. The van der Waals surface area contributed by atoms with E-state index in [9.17, 15) is 18.0 Å². The van der Waals surface area contributed by atoms with Crippen molar-refractivity contribution in [3.05, 3.63) is 65.7 Å². The molecule has 1 N–H and O–H groups in total. The van der Waals surface area contributed by atoms with Crippen molar-refractivity contribution in [3.8, 4) is 0 Å². The highest BCUT2D eigenvalue weighted by molar-refractivity contribution is 7.90. The van der Waals surface area contributed by atoms with E-state index in [2.05, 4.69) is 22.3 Å². The molecule has 2 aliphatic heterocycles. The number of likely N-dealkylation sites (tertiary alicyclic amines) is 2. The molecule has 2 amide bonds. The average Bonchev–Trinajstić information content (AvgIpc) is 3.54. The van der Waals surface area contributed by atoms with Crippen LogP contribution in [0.2, 0.25) is 0 Å². The van der Waals surface area contributed by atoms with E-state index in [1.54, 1.807) is 12.1 Å². The largest absolute Gasteiger partial charge is 0.353 e. The van der Waals surface area contributed by atoms with Crippen molar-refractivity contribution in [3.63, 3.8) is 0 Å². The van der Waals surface area contributed by atoms with Crippen molar-refractivity contribution in [2.24, 2.45) is 5.41 Å². The molecule has 0 aromatic heterocycles. The Labute approximate surface area is 232 Å². The van der Waals surface area contributed by atoms with Gasteiger partial charge in [0.05, 0.1) is 16.2 Å². The van der Waals surface area contributed by atoms with Crippen molar-refractivity contribution in [1.29, 1.82) is 0 Å². The van der Waals surface area contributed by atoms with E-state index in [0.717, 1.165) is 75.8 Å². The van der Waals surface area contributed by atoms with Crippen molar-refractivity contribution in [1.82, 2.24) is 15.1 Å². The van der Waals surface area contributed by atoms with Gasteiger partial charge >= 0.3 is 0 Å².